The summed E-state index contributed by atoms with van der Waals surface area (Å²) in [5, 5.41) is 5.88. The van der Waals surface area contributed by atoms with Crippen LogP contribution in [0.1, 0.15) is 56.1 Å². The molecule has 3 fully saturated rings. The molecule has 2 saturated heterocycles. The van der Waals surface area contributed by atoms with Crippen molar-refractivity contribution in [3.05, 3.63) is 47.1 Å². The van der Waals surface area contributed by atoms with E-state index < -0.39 is 30.3 Å². The van der Waals surface area contributed by atoms with E-state index in [1.165, 1.54) is 0 Å². The minimum atomic E-state index is -0.852. The van der Waals surface area contributed by atoms with Crippen molar-refractivity contribution in [1.82, 2.24) is 19.5 Å². The summed E-state index contributed by atoms with van der Waals surface area (Å²) in [5.41, 5.74) is 1.26. The minimum absolute atomic E-state index is 0.00835. The van der Waals surface area contributed by atoms with Gasteiger partial charge >= 0.3 is 6.01 Å². The molecule has 4 atom stereocenters. The summed E-state index contributed by atoms with van der Waals surface area (Å²) in [5.74, 6) is -0.948. The maximum atomic E-state index is 13.0. The van der Waals surface area contributed by atoms with E-state index in [1.54, 1.807) is 35.2 Å². The van der Waals surface area contributed by atoms with Gasteiger partial charge in [-0.1, -0.05) is 23.4 Å². The number of aromatic nitrogens is 4. The van der Waals surface area contributed by atoms with Crippen LogP contribution < -0.4 is 10.1 Å². The third kappa shape index (κ3) is 4.56. The predicted octanol–water partition coefficient (Wildman–Crippen LogP) is 3.58. The van der Waals surface area contributed by atoms with Gasteiger partial charge in [-0.2, -0.15) is 14.9 Å². The molecule has 37 heavy (non-hydrogen) atoms. The number of fused-ring (bicyclic) bond motifs is 2. The average molecular weight is 509 g/mol. The number of carbonyl (C=O) groups is 1. The smallest absolute Gasteiger partial charge is 0.320 e. The van der Waals surface area contributed by atoms with Gasteiger partial charge < -0.3 is 24.3 Å². The quantitative estimate of drug-likeness (QED) is 0.474. The number of nitrogens with one attached hydrogen (secondary N) is 1. The van der Waals surface area contributed by atoms with Crippen LogP contribution >= 0.6 is 0 Å². The van der Waals surface area contributed by atoms with Gasteiger partial charge in [-0.15, -0.1) is 0 Å². The lowest BCUT2D eigenvalue weighted by Gasteiger charge is -2.24. The van der Waals surface area contributed by atoms with Crippen LogP contribution in [-0.4, -0.2) is 62.2 Å². The zero-order valence-electron chi connectivity index (χ0n) is 20.6. The molecule has 4 heterocycles. The molecule has 12 nitrogen and oxygen atoms in total. The summed E-state index contributed by atoms with van der Waals surface area (Å²) in [6.45, 7) is 3.55. The topological polar surface area (TPSA) is 139 Å². The van der Waals surface area contributed by atoms with E-state index in [9.17, 15) is 9.70 Å². The molecule has 1 N–H and O–H groups in total. The summed E-state index contributed by atoms with van der Waals surface area (Å²) in [6, 6.07) is 9.00. The number of anilines is 1. The van der Waals surface area contributed by atoms with Crippen molar-refractivity contribution in [2.45, 2.75) is 76.0 Å². The third-order valence-corrected chi connectivity index (χ3v) is 6.90. The molecular formula is C25H28N6O6. The highest BCUT2D eigenvalue weighted by atomic mass is 16.8. The lowest BCUT2D eigenvalue weighted by atomic mass is 10.1. The Kier molecular flexibility index (Phi) is 6.09. The van der Waals surface area contributed by atoms with Crippen LogP contribution in [0.3, 0.4) is 0 Å². The van der Waals surface area contributed by atoms with Crippen LogP contribution in [0, 0.1) is 4.91 Å². The molecule has 0 radical (unpaired) electrons. The second-order valence-electron chi connectivity index (χ2n) is 9.96. The zero-order valence-corrected chi connectivity index (χ0v) is 20.6. The first-order chi connectivity index (χ1) is 17.9. The van der Waals surface area contributed by atoms with E-state index in [0.29, 0.717) is 16.7 Å². The Bertz CT molecular complexity index is 1310. The van der Waals surface area contributed by atoms with Crippen molar-refractivity contribution in [2.75, 3.05) is 11.9 Å². The number of carbonyl (C=O) groups excluding carboxylic acids is 1. The van der Waals surface area contributed by atoms with Crippen LogP contribution in [0.5, 0.6) is 6.01 Å². The Morgan fingerprint density at radius 2 is 1.92 bits per heavy atom. The zero-order chi connectivity index (χ0) is 25.6. The molecule has 6 rings (SSSR count). The van der Waals surface area contributed by atoms with Crippen molar-refractivity contribution < 1.29 is 23.7 Å². The van der Waals surface area contributed by atoms with Crippen molar-refractivity contribution in [3.63, 3.8) is 0 Å². The summed E-state index contributed by atoms with van der Waals surface area (Å²) in [4.78, 5) is 37.7. The number of nitroso groups, excluding NO2 is 1. The summed E-state index contributed by atoms with van der Waals surface area (Å²) in [7, 11) is 0. The molecule has 0 spiro atoms. The number of hydrogen-bond acceptors (Lipinski definition) is 10. The Morgan fingerprint density at radius 1 is 1.16 bits per heavy atom. The SMILES string of the molecule is CC1(C)O[C@@H]2[C@H](O1)[C@@H](CN=O)O[C@H]2n1cnc2c(NC(=O)c3ccccc3)nc(OC3CCCC3)nc21. The molecule has 194 valence electrons. The molecule has 3 aliphatic rings. The highest BCUT2D eigenvalue weighted by Gasteiger charge is 2.56. The van der Waals surface area contributed by atoms with E-state index in [-0.39, 0.29) is 30.4 Å². The highest BCUT2D eigenvalue weighted by molar-refractivity contribution is 6.06. The van der Waals surface area contributed by atoms with Crippen LogP contribution in [-0.2, 0) is 14.2 Å². The Balaban J connectivity index is 1.39. The normalized spacial score (nSPS) is 26.9. The van der Waals surface area contributed by atoms with Gasteiger partial charge in [0.15, 0.2) is 29.0 Å². The van der Waals surface area contributed by atoms with Gasteiger partial charge in [-0.3, -0.25) is 9.36 Å². The second-order valence-corrected chi connectivity index (χ2v) is 9.96. The molecule has 3 aromatic rings. The molecule has 1 saturated carbocycles. The first-order valence-electron chi connectivity index (χ1n) is 12.5. The highest BCUT2D eigenvalue weighted by Crippen LogP contribution is 2.44. The lowest BCUT2D eigenvalue weighted by molar-refractivity contribution is -0.195. The largest absolute Gasteiger partial charge is 0.460 e. The monoisotopic (exact) mass is 508 g/mol. The van der Waals surface area contributed by atoms with Crippen LogP contribution in [0.4, 0.5) is 5.82 Å². The Hall–Kier alpha value is -3.48. The van der Waals surface area contributed by atoms with Crippen LogP contribution in [0.15, 0.2) is 41.8 Å². The van der Waals surface area contributed by atoms with E-state index >= 15 is 0 Å². The minimum Gasteiger partial charge on any atom is -0.460 e. The van der Waals surface area contributed by atoms with Gasteiger partial charge in [0.25, 0.3) is 5.91 Å². The molecule has 0 bridgehead atoms. The molecular weight excluding hydrogens is 480 g/mol. The maximum Gasteiger partial charge on any atom is 0.320 e. The molecule has 2 aliphatic heterocycles. The molecule has 1 amide bonds. The first-order valence-corrected chi connectivity index (χ1v) is 12.5. The summed E-state index contributed by atoms with van der Waals surface area (Å²) < 4.78 is 26.2. The third-order valence-electron chi connectivity index (χ3n) is 6.90. The fraction of sp³-hybridized carbons (Fsp3) is 0.520. The van der Waals surface area contributed by atoms with E-state index in [1.807, 2.05) is 19.9 Å². The number of nitrogens with zero attached hydrogens (tertiary/aromatic N) is 5. The van der Waals surface area contributed by atoms with Crippen molar-refractivity contribution >= 4 is 22.9 Å². The van der Waals surface area contributed by atoms with Gasteiger partial charge in [-0.05, 0) is 51.7 Å². The average Bonchev–Trinajstić information content (AvgIpc) is 3.65. The Morgan fingerprint density at radius 3 is 2.68 bits per heavy atom. The molecule has 1 aromatic carbocycles. The number of hydrogen-bond donors (Lipinski definition) is 1. The van der Waals surface area contributed by atoms with Gasteiger partial charge in [0.05, 0.1) is 6.33 Å². The number of rotatable bonds is 7. The van der Waals surface area contributed by atoms with Gasteiger partial charge in [0.2, 0.25) is 0 Å². The second kappa shape index (κ2) is 9.43. The molecule has 12 heteroatoms. The number of benzene rings is 1. The van der Waals surface area contributed by atoms with Crippen molar-refractivity contribution in [1.29, 1.82) is 0 Å². The molecule has 2 aromatic heterocycles. The van der Waals surface area contributed by atoms with Gasteiger partial charge in [0, 0.05) is 5.56 Å². The lowest BCUT2D eigenvalue weighted by Crippen LogP contribution is -2.31. The standard InChI is InChI=1S/C25H28N6O6/c1-25(2)36-18-16(12-27-33)35-23(19(18)37-25)31-13-26-17-20(28-22(32)14-8-4-3-5-9-14)29-24(30-21(17)31)34-15-10-6-7-11-15/h3-5,8-9,13,15-16,18-19,23H,6-7,10-12H2,1-2H3,(H,28,29,30,32)/t16-,18-,19-,23-/m1/s1. The fourth-order valence-electron chi connectivity index (χ4n) is 5.25. The van der Waals surface area contributed by atoms with Crippen LogP contribution in [0.25, 0.3) is 11.2 Å². The molecule has 0 unspecified atom stereocenters. The van der Waals surface area contributed by atoms with Gasteiger partial charge in [0.1, 0.15) is 31.0 Å². The van der Waals surface area contributed by atoms with Crippen molar-refractivity contribution in [3.8, 4) is 6.01 Å². The fourth-order valence-corrected chi connectivity index (χ4v) is 5.25. The van der Waals surface area contributed by atoms with Gasteiger partial charge in [-0.25, -0.2) is 4.98 Å². The van der Waals surface area contributed by atoms with Crippen LogP contribution in [0.2, 0.25) is 0 Å². The Labute approximate surface area is 212 Å². The van der Waals surface area contributed by atoms with E-state index in [0.717, 1.165) is 25.7 Å². The maximum absolute atomic E-state index is 13.0. The number of amides is 1. The first kappa shape index (κ1) is 23.9. The van der Waals surface area contributed by atoms with Crippen molar-refractivity contribution in [2.24, 2.45) is 5.18 Å². The number of imidazole rings is 1. The van der Waals surface area contributed by atoms with E-state index in [2.05, 4.69) is 25.4 Å². The van der Waals surface area contributed by atoms with E-state index in [4.69, 9.17) is 18.9 Å². The predicted molar refractivity (Wildman–Crippen MR) is 131 cm³/mol. The number of ether oxygens (including phenoxy) is 4. The molecule has 1 aliphatic carbocycles. The summed E-state index contributed by atoms with van der Waals surface area (Å²) in [6.07, 6.45) is 3.31. The summed E-state index contributed by atoms with van der Waals surface area (Å²) >= 11 is 0.